The number of rotatable bonds is 6. The summed E-state index contributed by atoms with van der Waals surface area (Å²) in [7, 11) is 0. The minimum absolute atomic E-state index is 0.0807. The van der Waals surface area contributed by atoms with Crippen LogP contribution in [0, 0.1) is 12.7 Å². The minimum Gasteiger partial charge on any atom is -0.324 e. The maximum atomic E-state index is 13.9. The lowest BCUT2D eigenvalue weighted by atomic mass is 10.2. The quantitative estimate of drug-likeness (QED) is 0.787. The smallest absolute Gasteiger partial charge is 0.238 e. The first kappa shape index (κ1) is 17.1. The molecule has 24 heavy (non-hydrogen) atoms. The van der Waals surface area contributed by atoms with Gasteiger partial charge in [0.05, 0.1) is 12.2 Å². The summed E-state index contributed by atoms with van der Waals surface area (Å²) in [6.45, 7) is 2.72. The second kappa shape index (κ2) is 7.45. The average molecular weight is 391 g/mol. The number of carbonyl (C=O) groups excluding carboxylic acids is 1. The summed E-state index contributed by atoms with van der Waals surface area (Å²) in [6.07, 6.45) is 2.13. The third-order valence-corrected chi connectivity index (χ3v) is 4.80. The monoisotopic (exact) mass is 390 g/mol. The maximum Gasteiger partial charge on any atom is 0.238 e. The Balaban J connectivity index is 1.65. The number of nitrogens with zero attached hydrogens (tertiary/aromatic N) is 1. The molecule has 0 spiro atoms. The van der Waals surface area contributed by atoms with E-state index in [1.807, 2.05) is 31.2 Å². The highest BCUT2D eigenvalue weighted by Gasteiger charge is 2.30. The molecule has 1 N–H and O–H groups in total. The molecule has 0 aliphatic heterocycles. The fourth-order valence-electron chi connectivity index (χ4n) is 2.69. The second-order valence-corrected chi connectivity index (χ2v) is 7.11. The fraction of sp³-hybridized carbons (Fsp3) is 0.316. The lowest BCUT2D eigenvalue weighted by Crippen LogP contribution is -2.34. The number of anilines is 1. The molecule has 3 rings (SSSR count). The van der Waals surface area contributed by atoms with Crippen molar-refractivity contribution in [1.29, 1.82) is 0 Å². The first-order valence-electron chi connectivity index (χ1n) is 8.06. The fourth-order valence-corrected chi connectivity index (χ4v) is 3.29. The first-order valence-corrected chi connectivity index (χ1v) is 8.85. The summed E-state index contributed by atoms with van der Waals surface area (Å²) in [6, 6.07) is 12.9. The van der Waals surface area contributed by atoms with Crippen LogP contribution in [0.25, 0.3) is 0 Å². The summed E-state index contributed by atoms with van der Waals surface area (Å²) in [5, 5.41) is 2.93. The molecule has 2 aromatic rings. The van der Waals surface area contributed by atoms with Gasteiger partial charge in [-0.05, 0) is 59.5 Å². The van der Waals surface area contributed by atoms with Crippen molar-refractivity contribution >= 4 is 27.5 Å². The molecule has 0 aromatic heterocycles. The molecule has 0 atom stereocenters. The zero-order valence-electron chi connectivity index (χ0n) is 13.6. The van der Waals surface area contributed by atoms with Crippen LogP contribution >= 0.6 is 15.9 Å². The first-order chi connectivity index (χ1) is 11.5. The van der Waals surface area contributed by atoms with Crippen LogP contribution in [0.5, 0.6) is 0 Å². The van der Waals surface area contributed by atoms with Gasteiger partial charge in [0, 0.05) is 22.6 Å². The van der Waals surface area contributed by atoms with Crippen molar-refractivity contribution in [1.82, 2.24) is 4.90 Å². The summed E-state index contributed by atoms with van der Waals surface area (Å²) in [5.74, 6) is -0.298. The summed E-state index contributed by atoms with van der Waals surface area (Å²) < 4.78 is 14.7. The Morgan fingerprint density at radius 3 is 2.71 bits per heavy atom. The lowest BCUT2D eigenvalue weighted by molar-refractivity contribution is -0.117. The minimum atomic E-state index is -0.218. The van der Waals surface area contributed by atoms with Crippen LogP contribution in [0.3, 0.4) is 0 Å². The Morgan fingerprint density at radius 2 is 2.04 bits per heavy atom. The lowest BCUT2D eigenvalue weighted by Gasteiger charge is -2.22. The number of benzene rings is 2. The van der Waals surface area contributed by atoms with Gasteiger partial charge in [0.2, 0.25) is 5.91 Å². The van der Waals surface area contributed by atoms with E-state index < -0.39 is 0 Å². The number of hydrogen-bond acceptors (Lipinski definition) is 2. The Labute approximate surface area is 150 Å². The zero-order chi connectivity index (χ0) is 17.1. The van der Waals surface area contributed by atoms with Crippen LogP contribution < -0.4 is 5.32 Å². The summed E-state index contributed by atoms with van der Waals surface area (Å²) in [5.41, 5.74) is 2.51. The van der Waals surface area contributed by atoms with Crippen molar-refractivity contribution in [3.8, 4) is 0 Å². The van der Waals surface area contributed by atoms with Crippen molar-refractivity contribution in [3.05, 3.63) is 63.9 Å². The molecule has 0 radical (unpaired) electrons. The predicted octanol–water partition coefficient (Wildman–Crippen LogP) is 4.50. The molecule has 126 valence electrons. The zero-order valence-corrected chi connectivity index (χ0v) is 15.1. The number of aryl methyl sites for hydroxylation is 1. The van der Waals surface area contributed by atoms with E-state index in [-0.39, 0.29) is 18.3 Å². The van der Waals surface area contributed by atoms with Crippen LogP contribution in [0.2, 0.25) is 0 Å². The topological polar surface area (TPSA) is 32.3 Å². The van der Waals surface area contributed by atoms with Gasteiger partial charge >= 0.3 is 0 Å². The number of halogens is 2. The molecule has 0 unspecified atom stereocenters. The van der Waals surface area contributed by atoms with Crippen LogP contribution in [0.15, 0.2) is 46.9 Å². The molecular weight excluding hydrogens is 371 g/mol. The van der Waals surface area contributed by atoms with Gasteiger partial charge in [0.1, 0.15) is 5.82 Å². The van der Waals surface area contributed by atoms with Gasteiger partial charge in [-0.2, -0.15) is 0 Å². The Hall–Kier alpha value is -1.72. The van der Waals surface area contributed by atoms with Gasteiger partial charge in [-0.3, -0.25) is 9.69 Å². The molecule has 2 aromatic carbocycles. The van der Waals surface area contributed by atoms with Crippen molar-refractivity contribution in [2.24, 2.45) is 0 Å². The van der Waals surface area contributed by atoms with Gasteiger partial charge in [0.25, 0.3) is 0 Å². The number of amides is 1. The molecule has 5 heteroatoms. The Kier molecular flexibility index (Phi) is 5.31. The maximum absolute atomic E-state index is 13.9. The second-order valence-electron chi connectivity index (χ2n) is 6.26. The highest BCUT2D eigenvalue weighted by Crippen LogP contribution is 2.29. The van der Waals surface area contributed by atoms with E-state index in [9.17, 15) is 9.18 Å². The van der Waals surface area contributed by atoms with E-state index in [1.165, 1.54) is 6.07 Å². The third-order valence-electron chi connectivity index (χ3n) is 4.14. The Bertz CT molecular complexity index is 746. The number of carbonyl (C=O) groups is 1. The van der Waals surface area contributed by atoms with E-state index in [0.717, 1.165) is 28.6 Å². The standard InChI is InChI=1S/C19H20BrFN2O/c1-13-6-9-18(16(20)10-13)22-19(24)12-23(15-7-8-15)11-14-4-2-3-5-17(14)21/h2-6,9-10,15H,7-8,11-12H2,1H3,(H,22,24). The number of hydrogen-bond donors (Lipinski definition) is 1. The molecule has 0 saturated heterocycles. The molecule has 1 saturated carbocycles. The highest BCUT2D eigenvalue weighted by molar-refractivity contribution is 9.10. The van der Waals surface area contributed by atoms with Crippen molar-refractivity contribution in [2.45, 2.75) is 32.4 Å². The van der Waals surface area contributed by atoms with Crippen molar-refractivity contribution in [3.63, 3.8) is 0 Å². The average Bonchev–Trinajstić information content (AvgIpc) is 3.36. The molecule has 1 aliphatic rings. The molecule has 1 aliphatic carbocycles. The van der Waals surface area contributed by atoms with E-state index in [0.29, 0.717) is 18.2 Å². The largest absolute Gasteiger partial charge is 0.324 e. The number of nitrogens with one attached hydrogen (secondary N) is 1. The van der Waals surface area contributed by atoms with Gasteiger partial charge in [-0.1, -0.05) is 24.3 Å². The van der Waals surface area contributed by atoms with Gasteiger partial charge < -0.3 is 5.32 Å². The van der Waals surface area contributed by atoms with Crippen LogP contribution in [-0.2, 0) is 11.3 Å². The molecule has 1 amide bonds. The molecule has 3 nitrogen and oxygen atoms in total. The van der Waals surface area contributed by atoms with Gasteiger partial charge in [-0.25, -0.2) is 4.39 Å². The van der Waals surface area contributed by atoms with E-state index in [4.69, 9.17) is 0 Å². The molecule has 0 heterocycles. The van der Waals surface area contributed by atoms with Crippen molar-refractivity contribution < 1.29 is 9.18 Å². The van der Waals surface area contributed by atoms with E-state index in [1.54, 1.807) is 12.1 Å². The SMILES string of the molecule is Cc1ccc(NC(=O)CN(Cc2ccccc2F)C2CC2)c(Br)c1. The Morgan fingerprint density at radius 1 is 1.29 bits per heavy atom. The van der Waals surface area contributed by atoms with Crippen LogP contribution in [-0.4, -0.2) is 23.4 Å². The third kappa shape index (κ3) is 4.42. The molecule has 0 bridgehead atoms. The summed E-state index contributed by atoms with van der Waals surface area (Å²) >= 11 is 3.47. The normalized spacial score (nSPS) is 14.0. The highest BCUT2D eigenvalue weighted by atomic mass is 79.9. The van der Waals surface area contributed by atoms with E-state index in [2.05, 4.69) is 26.1 Å². The molecular formula is C19H20BrFN2O. The van der Waals surface area contributed by atoms with Crippen LogP contribution in [0.1, 0.15) is 24.0 Å². The predicted molar refractivity (Wildman–Crippen MR) is 97.3 cm³/mol. The van der Waals surface area contributed by atoms with Gasteiger partial charge in [-0.15, -0.1) is 0 Å². The summed E-state index contributed by atoms with van der Waals surface area (Å²) in [4.78, 5) is 14.5. The molecule has 1 fully saturated rings. The van der Waals surface area contributed by atoms with Crippen LogP contribution in [0.4, 0.5) is 10.1 Å². The van der Waals surface area contributed by atoms with Crippen molar-refractivity contribution in [2.75, 3.05) is 11.9 Å². The van der Waals surface area contributed by atoms with E-state index >= 15 is 0 Å². The van der Waals surface area contributed by atoms with Gasteiger partial charge in [0.15, 0.2) is 0 Å².